The second-order valence-corrected chi connectivity index (χ2v) is 5.81. The Hall–Kier alpha value is -2.47. The lowest BCUT2D eigenvalue weighted by atomic mass is 10.2. The van der Waals surface area contributed by atoms with E-state index in [-0.39, 0.29) is 5.56 Å². The Kier molecular flexibility index (Phi) is 3.31. The zero-order valence-electron chi connectivity index (χ0n) is 11.6. The molecule has 0 aliphatic carbocycles. The van der Waals surface area contributed by atoms with Crippen molar-refractivity contribution in [2.75, 3.05) is 5.32 Å². The summed E-state index contributed by atoms with van der Waals surface area (Å²) in [6.07, 6.45) is 0. The molecule has 0 radical (unpaired) electrons. The van der Waals surface area contributed by atoms with Crippen molar-refractivity contribution in [1.29, 1.82) is 0 Å². The molecule has 3 aromatic rings. The number of aryl methyl sites for hydroxylation is 2. The van der Waals surface area contributed by atoms with Crippen molar-refractivity contribution in [3.05, 3.63) is 57.5 Å². The number of rotatable bonds is 2. The van der Waals surface area contributed by atoms with Crippen LogP contribution in [0.5, 0.6) is 0 Å². The molecule has 0 atom stereocenters. The first-order valence-electron chi connectivity index (χ1n) is 6.42. The third kappa shape index (κ3) is 2.57. The van der Waals surface area contributed by atoms with Gasteiger partial charge in [-0.1, -0.05) is 23.5 Å². The third-order valence-electron chi connectivity index (χ3n) is 3.14. The molecular weight excluding hydrogens is 286 g/mol. The van der Waals surface area contributed by atoms with Crippen LogP contribution in [0, 0.1) is 13.8 Å². The molecule has 3 rings (SSSR count). The summed E-state index contributed by atoms with van der Waals surface area (Å²) < 4.78 is 1.00. The first-order valence-corrected chi connectivity index (χ1v) is 7.23. The van der Waals surface area contributed by atoms with Crippen molar-refractivity contribution in [2.45, 2.75) is 13.8 Å². The summed E-state index contributed by atoms with van der Waals surface area (Å²) in [4.78, 5) is 30.9. The van der Waals surface area contributed by atoms with Crippen LogP contribution < -0.4 is 10.9 Å². The molecule has 0 saturated heterocycles. The molecule has 0 saturated carbocycles. The van der Waals surface area contributed by atoms with Crippen LogP contribution in [0.4, 0.5) is 5.13 Å². The van der Waals surface area contributed by atoms with Crippen molar-refractivity contribution in [1.82, 2.24) is 9.97 Å². The number of aromatic nitrogens is 2. The number of para-hydroxylation sites is 1. The van der Waals surface area contributed by atoms with Crippen molar-refractivity contribution in [3.63, 3.8) is 0 Å². The largest absolute Gasteiger partial charge is 0.326 e. The van der Waals surface area contributed by atoms with E-state index in [2.05, 4.69) is 15.3 Å². The van der Waals surface area contributed by atoms with E-state index in [0.29, 0.717) is 10.8 Å². The Morgan fingerprint density at radius 2 is 2.05 bits per heavy atom. The zero-order valence-corrected chi connectivity index (χ0v) is 12.4. The zero-order chi connectivity index (χ0) is 15.0. The van der Waals surface area contributed by atoms with E-state index in [1.165, 1.54) is 17.4 Å². The number of thiazole rings is 1. The smallest absolute Gasteiger partial charge is 0.263 e. The number of nitrogens with one attached hydrogen (secondary N) is 2. The number of carbonyl (C=O) groups excluding carboxylic acids is 1. The molecule has 0 aliphatic rings. The van der Waals surface area contributed by atoms with Crippen molar-refractivity contribution in [2.24, 2.45) is 0 Å². The van der Waals surface area contributed by atoms with E-state index in [4.69, 9.17) is 0 Å². The van der Waals surface area contributed by atoms with E-state index in [9.17, 15) is 9.59 Å². The summed E-state index contributed by atoms with van der Waals surface area (Å²) in [6.45, 7) is 3.73. The minimum absolute atomic E-state index is 0.0802. The Bertz CT molecular complexity index is 895. The van der Waals surface area contributed by atoms with Crippen LogP contribution in [-0.4, -0.2) is 15.9 Å². The van der Waals surface area contributed by atoms with Crippen LogP contribution in [0.1, 0.15) is 21.6 Å². The van der Waals surface area contributed by atoms with Crippen LogP contribution >= 0.6 is 11.3 Å². The lowest BCUT2D eigenvalue weighted by Crippen LogP contribution is -2.23. The van der Waals surface area contributed by atoms with Gasteiger partial charge >= 0.3 is 0 Å². The topological polar surface area (TPSA) is 74.8 Å². The van der Waals surface area contributed by atoms with Crippen molar-refractivity contribution >= 4 is 32.6 Å². The van der Waals surface area contributed by atoms with Gasteiger partial charge in [0.25, 0.3) is 11.5 Å². The third-order valence-corrected chi connectivity index (χ3v) is 4.08. The van der Waals surface area contributed by atoms with E-state index in [1.807, 2.05) is 25.1 Å². The normalized spacial score (nSPS) is 10.8. The fourth-order valence-corrected chi connectivity index (χ4v) is 2.99. The van der Waals surface area contributed by atoms with Gasteiger partial charge in [-0.3, -0.25) is 14.9 Å². The van der Waals surface area contributed by atoms with Gasteiger partial charge in [-0.05, 0) is 37.6 Å². The number of benzene rings is 1. The number of H-pyrrole nitrogens is 1. The SMILES string of the molecule is Cc1ccc(C(=O)Nc2nc3c(C)cccc3s2)c(=O)[nH]1. The Morgan fingerprint density at radius 3 is 2.76 bits per heavy atom. The number of hydrogen-bond acceptors (Lipinski definition) is 4. The number of anilines is 1. The second kappa shape index (κ2) is 5.14. The molecule has 0 spiro atoms. The summed E-state index contributed by atoms with van der Waals surface area (Å²) in [6, 6.07) is 9.08. The van der Waals surface area contributed by atoms with Crippen molar-refractivity contribution < 1.29 is 4.79 Å². The summed E-state index contributed by atoms with van der Waals surface area (Å²) in [5.74, 6) is -0.451. The molecule has 2 aromatic heterocycles. The molecule has 0 bridgehead atoms. The average Bonchev–Trinajstić information content (AvgIpc) is 2.82. The highest BCUT2D eigenvalue weighted by Gasteiger charge is 2.13. The average molecular weight is 299 g/mol. The van der Waals surface area contributed by atoms with Gasteiger partial charge in [-0.2, -0.15) is 0 Å². The van der Waals surface area contributed by atoms with E-state index >= 15 is 0 Å². The molecule has 0 unspecified atom stereocenters. The fourth-order valence-electron chi connectivity index (χ4n) is 2.06. The van der Waals surface area contributed by atoms with Gasteiger partial charge in [0, 0.05) is 5.69 Å². The van der Waals surface area contributed by atoms with Gasteiger partial charge in [0.05, 0.1) is 10.2 Å². The van der Waals surface area contributed by atoms with Crippen LogP contribution in [0.2, 0.25) is 0 Å². The Labute approximate surface area is 124 Å². The van der Waals surface area contributed by atoms with Crippen molar-refractivity contribution in [3.8, 4) is 0 Å². The van der Waals surface area contributed by atoms with Crippen LogP contribution in [0.25, 0.3) is 10.2 Å². The molecule has 0 fully saturated rings. The highest BCUT2D eigenvalue weighted by Crippen LogP contribution is 2.27. The maximum absolute atomic E-state index is 12.1. The monoisotopic (exact) mass is 299 g/mol. The Balaban J connectivity index is 1.93. The minimum Gasteiger partial charge on any atom is -0.326 e. The number of aromatic amines is 1. The highest BCUT2D eigenvalue weighted by atomic mass is 32.1. The summed E-state index contributed by atoms with van der Waals surface area (Å²) >= 11 is 1.39. The van der Waals surface area contributed by atoms with Crippen LogP contribution in [0.3, 0.4) is 0 Å². The van der Waals surface area contributed by atoms with E-state index < -0.39 is 11.5 Å². The quantitative estimate of drug-likeness (QED) is 0.764. The van der Waals surface area contributed by atoms with Gasteiger partial charge in [-0.25, -0.2) is 4.98 Å². The molecule has 1 aromatic carbocycles. The summed E-state index contributed by atoms with van der Waals surface area (Å²) in [5.41, 5.74) is 2.32. The predicted octanol–water partition coefficient (Wildman–Crippen LogP) is 2.85. The lowest BCUT2D eigenvalue weighted by Gasteiger charge is -2.01. The Morgan fingerprint density at radius 1 is 1.24 bits per heavy atom. The predicted molar refractivity (Wildman–Crippen MR) is 84.1 cm³/mol. The highest BCUT2D eigenvalue weighted by molar-refractivity contribution is 7.22. The standard InChI is InChI=1S/C15H13N3O2S/c1-8-4-3-5-11-12(8)17-15(21-11)18-14(20)10-7-6-9(2)16-13(10)19/h3-7H,1-2H3,(H,16,19)(H,17,18,20). The number of amides is 1. The number of hydrogen-bond donors (Lipinski definition) is 2. The van der Waals surface area contributed by atoms with Crippen LogP contribution in [-0.2, 0) is 0 Å². The molecule has 2 N–H and O–H groups in total. The number of carbonyl (C=O) groups is 1. The maximum atomic E-state index is 12.1. The fraction of sp³-hybridized carbons (Fsp3) is 0.133. The van der Waals surface area contributed by atoms with Gasteiger partial charge in [-0.15, -0.1) is 0 Å². The van der Waals surface area contributed by atoms with Gasteiger partial charge in [0.2, 0.25) is 0 Å². The lowest BCUT2D eigenvalue weighted by molar-refractivity contribution is 0.102. The molecule has 6 heteroatoms. The molecule has 5 nitrogen and oxygen atoms in total. The van der Waals surface area contributed by atoms with E-state index in [0.717, 1.165) is 15.8 Å². The van der Waals surface area contributed by atoms with Gasteiger partial charge in [0.1, 0.15) is 5.56 Å². The first kappa shape index (κ1) is 13.5. The number of pyridine rings is 1. The first-order chi connectivity index (χ1) is 10.0. The number of nitrogens with zero attached hydrogens (tertiary/aromatic N) is 1. The molecule has 1 amide bonds. The minimum atomic E-state index is -0.451. The number of fused-ring (bicyclic) bond motifs is 1. The summed E-state index contributed by atoms with van der Waals surface area (Å²) in [7, 11) is 0. The molecule has 21 heavy (non-hydrogen) atoms. The molecular formula is C15H13N3O2S. The van der Waals surface area contributed by atoms with E-state index in [1.54, 1.807) is 13.0 Å². The molecule has 0 aliphatic heterocycles. The van der Waals surface area contributed by atoms with Gasteiger partial charge in [0.15, 0.2) is 5.13 Å². The maximum Gasteiger partial charge on any atom is 0.263 e. The van der Waals surface area contributed by atoms with Crippen LogP contribution in [0.15, 0.2) is 35.1 Å². The summed E-state index contributed by atoms with van der Waals surface area (Å²) in [5, 5.41) is 3.17. The molecule has 2 heterocycles. The molecule has 106 valence electrons. The second-order valence-electron chi connectivity index (χ2n) is 4.78. The van der Waals surface area contributed by atoms with Gasteiger partial charge < -0.3 is 4.98 Å².